The zero-order chi connectivity index (χ0) is 22.4. The van der Waals surface area contributed by atoms with Gasteiger partial charge in [0, 0.05) is 59.3 Å². The number of pyridine rings is 1. The quantitative estimate of drug-likeness (QED) is 0.497. The number of nitro groups is 1. The van der Waals surface area contributed by atoms with Crippen LogP contribution in [0.5, 0.6) is 0 Å². The molecule has 31 heavy (non-hydrogen) atoms. The summed E-state index contributed by atoms with van der Waals surface area (Å²) in [5, 5.41) is 17.8. The van der Waals surface area contributed by atoms with Crippen molar-refractivity contribution >= 4 is 29.0 Å². The topological polar surface area (TPSA) is 121 Å². The molecule has 3 rings (SSSR count). The minimum Gasteiger partial charge on any atom is -0.366 e. The molecule has 0 radical (unpaired) electrons. The Morgan fingerprint density at radius 3 is 1.94 bits per heavy atom. The highest BCUT2D eigenvalue weighted by Gasteiger charge is 2.32. The summed E-state index contributed by atoms with van der Waals surface area (Å²) in [4.78, 5) is 42.4. The summed E-state index contributed by atoms with van der Waals surface area (Å²) in [5.74, 6) is 1.14. The lowest BCUT2D eigenvalue weighted by Crippen LogP contribution is -2.40. The highest BCUT2D eigenvalue weighted by Crippen LogP contribution is 2.38. The molecule has 0 spiro atoms. The highest BCUT2D eigenvalue weighted by atomic mass is 16.6. The number of hydrogen-bond donors (Lipinski definition) is 2. The number of anilines is 2. The van der Waals surface area contributed by atoms with Crippen molar-refractivity contribution in [3.63, 3.8) is 0 Å². The Morgan fingerprint density at radius 2 is 1.48 bits per heavy atom. The SMILES string of the molecule is CC(=O)NCC1CCN(c2ccnc(N3CCC(CNC(C)=O)CC3)c2[N+](=O)[O-])CC1. The number of carbonyl (C=O) groups is 2. The molecule has 0 unspecified atom stereocenters. The maximum absolute atomic E-state index is 12.0. The maximum atomic E-state index is 12.0. The third-order valence-electron chi connectivity index (χ3n) is 6.21. The molecule has 1 aromatic heterocycles. The van der Waals surface area contributed by atoms with Crippen LogP contribution in [0.2, 0.25) is 0 Å². The van der Waals surface area contributed by atoms with Crippen molar-refractivity contribution in [3.8, 4) is 0 Å². The van der Waals surface area contributed by atoms with Gasteiger partial charge in [0.15, 0.2) is 0 Å². The van der Waals surface area contributed by atoms with Gasteiger partial charge < -0.3 is 20.4 Å². The lowest BCUT2D eigenvalue weighted by molar-refractivity contribution is -0.383. The van der Waals surface area contributed by atoms with Gasteiger partial charge in [-0.25, -0.2) is 4.98 Å². The van der Waals surface area contributed by atoms with Crippen molar-refractivity contribution in [3.05, 3.63) is 22.4 Å². The number of aromatic nitrogens is 1. The molecule has 1 aromatic rings. The van der Waals surface area contributed by atoms with E-state index in [9.17, 15) is 19.7 Å². The van der Waals surface area contributed by atoms with Crippen molar-refractivity contribution in [1.82, 2.24) is 15.6 Å². The summed E-state index contributed by atoms with van der Waals surface area (Å²) < 4.78 is 0. The summed E-state index contributed by atoms with van der Waals surface area (Å²) in [6, 6.07) is 1.74. The summed E-state index contributed by atoms with van der Waals surface area (Å²) >= 11 is 0. The summed E-state index contributed by atoms with van der Waals surface area (Å²) in [7, 11) is 0. The van der Waals surface area contributed by atoms with Gasteiger partial charge in [-0.1, -0.05) is 0 Å². The lowest BCUT2D eigenvalue weighted by atomic mass is 9.95. The van der Waals surface area contributed by atoms with E-state index in [0.29, 0.717) is 62.6 Å². The Morgan fingerprint density at radius 1 is 1.00 bits per heavy atom. The van der Waals surface area contributed by atoms with E-state index in [4.69, 9.17) is 0 Å². The molecule has 170 valence electrons. The van der Waals surface area contributed by atoms with Gasteiger partial charge in [0.25, 0.3) is 0 Å². The fourth-order valence-corrected chi connectivity index (χ4v) is 4.40. The third-order valence-corrected chi connectivity index (χ3v) is 6.21. The van der Waals surface area contributed by atoms with Crippen molar-refractivity contribution in [1.29, 1.82) is 0 Å². The van der Waals surface area contributed by atoms with E-state index in [1.165, 1.54) is 13.8 Å². The van der Waals surface area contributed by atoms with Crippen LogP contribution in [0.1, 0.15) is 39.5 Å². The van der Waals surface area contributed by atoms with Crippen molar-refractivity contribution in [2.45, 2.75) is 39.5 Å². The minimum atomic E-state index is -0.315. The molecule has 3 heterocycles. The molecule has 0 aromatic carbocycles. The van der Waals surface area contributed by atoms with Gasteiger partial charge in [-0.15, -0.1) is 0 Å². The molecule has 10 heteroatoms. The second kappa shape index (κ2) is 10.4. The molecule has 10 nitrogen and oxygen atoms in total. The predicted molar refractivity (Wildman–Crippen MR) is 118 cm³/mol. The average Bonchev–Trinajstić information content (AvgIpc) is 2.76. The van der Waals surface area contributed by atoms with E-state index in [2.05, 4.69) is 20.5 Å². The van der Waals surface area contributed by atoms with Crippen LogP contribution in [0.4, 0.5) is 17.2 Å². The molecular formula is C21H32N6O4. The molecule has 0 atom stereocenters. The largest absolute Gasteiger partial charge is 0.366 e. The highest BCUT2D eigenvalue weighted by molar-refractivity contribution is 5.75. The minimum absolute atomic E-state index is 0.0299. The van der Waals surface area contributed by atoms with Gasteiger partial charge in [-0.05, 0) is 43.6 Å². The Balaban J connectivity index is 1.67. The number of rotatable bonds is 7. The number of amides is 2. The number of nitrogens with one attached hydrogen (secondary N) is 2. The van der Waals surface area contributed by atoms with E-state index < -0.39 is 0 Å². The molecule has 2 aliphatic rings. The van der Waals surface area contributed by atoms with Crippen LogP contribution in [-0.4, -0.2) is 61.0 Å². The van der Waals surface area contributed by atoms with Gasteiger partial charge in [0.05, 0.1) is 4.92 Å². The first-order valence-corrected chi connectivity index (χ1v) is 11.0. The van der Waals surface area contributed by atoms with Crippen molar-refractivity contribution in [2.75, 3.05) is 49.1 Å². The van der Waals surface area contributed by atoms with Crippen LogP contribution in [0, 0.1) is 22.0 Å². The third kappa shape index (κ3) is 6.05. The molecular weight excluding hydrogens is 400 g/mol. The number of nitrogens with zero attached hydrogens (tertiary/aromatic N) is 4. The van der Waals surface area contributed by atoms with Crippen LogP contribution in [0.15, 0.2) is 12.3 Å². The van der Waals surface area contributed by atoms with E-state index in [-0.39, 0.29) is 22.4 Å². The molecule has 2 amide bonds. The maximum Gasteiger partial charge on any atom is 0.334 e. The van der Waals surface area contributed by atoms with Crippen molar-refractivity contribution in [2.24, 2.45) is 11.8 Å². The Bertz CT molecular complexity index is 745. The molecule has 2 saturated heterocycles. The molecule has 0 saturated carbocycles. The van der Waals surface area contributed by atoms with Gasteiger partial charge in [-0.3, -0.25) is 19.7 Å². The van der Waals surface area contributed by atoms with Gasteiger partial charge in [0.2, 0.25) is 17.6 Å². The van der Waals surface area contributed by atoms with Crippen LogP contribution in [-0.2, 0) is 9.59 Å². The first-order valence-electron chi connectivity index (χ1n) is 11.0. The van der Waals surface area contributed by atoms with Crippen LogP contribution >= 0.6 is 0 Å². The van der Waals surface area contributed by atoms with Gasteiger partial charge >= 0.3 is 5.69 Å². The van der Waals surface area contributed by atoms with Crippen LogP contribution in [0.25, 0.3) is 0 Å². The number of piperidine rings is 2. The van der Waals surface area contributed by atoms with Crippen LogP contribution < -0.4 is 20.4 Å². The van der Waals surface area contributed by atoms with E-state index in [1.54, 1.807) is 12.3 Å². The smallest absolute Gasteiger partial charge is 0.334 e. The summed E-state index contributed by atoms with van der Waals surface area (Å²) in [6.07, 6.45) is 5.13. The fourth-order valence-electron chi connectivity index (χ4n) is 4.40. The van der Waals surface area contributed by atoms with Gasteiger partial charge in [-0.2, -0.15) is 0 Å². The molecule has 0 bridgehead atoms. The molecule has 2 N–H and O–H groups in total. The Hall–Kier alpha value is -2.91. The summed E-state index contributed by atoms with van der Waals surface area (Å²) in [5.41, 5.74) is 0.691. The van der Waals surface area contributed by atoms with Crippen LogP contribution in [0.3, 0.4) is 0 Å². The fraction of sp³-hybridized carbons (Fsp3) is 0.667. The Kier molecular flexibility index (Phi) is 7.64. The zero-order valence-corrected chi connectivity index (χ0v) is 18.3. The monoisotopic (exact) mass is 432 g/mol. The first-order chi connectivity index (χ1) is 14.8. The van der Waals surface area contributed by atoms with Gasteiger partial charge in [0.1, 0.15) is 5.69 Å². The molecule has 2 fully saturated rings. The van der Waals surface area contributed by atoms with E-state index in [0.717, 1.165) is 25.7 Å². The molecule has 0 aliphatic carbocycles. The summed E-state index contributed by atoms with van der Waals surface area (Å²) in [6.45, 7) is 7.12. The standard InChI is InChI=1S/C21H32N6O4/c1-15(28)23-13-17-4-9-25(10-5-17)19-3-8-22-21(20(19)27(30)31)26-11-6-18(7-12-26)14-24-16(2)29/h3,8,17-18H,4-7,9-14H2,1-2H3,(H,23,28)(H,24,29). The Labute approximate surface area is 182 Å². The predicted octanol–water partition coefficient (Wildman–Crippen LogP) is 1.69. The van der Waals surface area contributed by atoms with Crippen molar-refractivity contribution < 1.29 is 14.5 Å². The first kappa shape index (κ1) is 22.8. The van der Waals surface area contributed by atoms with E-state index in [1.807, 2.05) is 4.90 Å². The lowest BCUT2D eigenvalue weighted by Gasteiger charge is -2.35. The zero-order valence-electron chi connectivity index (χ0n) is 18.3. The number of carbonyl (C=O) groups excluding carboxylic acids is 2. The number of hydrogen-bond acceptors (Lipinski definition) is 7. The van der Waals surface area contributed by atoms with E-state index >= 15 is 0 Å². The average molecular weight is 433 g/mol. The second-order valence-corrected chi connectivity index (χ2v) is 8.49. The molecule has 2 aliphatic heterocycles. The normalized spacial score (nSPS) is 18.0. The second-order valence-electron chi connectivity index (χ2n) is 8.49.